The molecule has 0 saturated carbocycles. The van der Waals surface area contributed by atoms with Crippen LogP contribution in [0.2, 0.25) is 0 Å². The summed E-state index contributed by atoms with van der Waals surface area (Å²) in [5, 5.41) is 0. The monoisotopic (exact) mass is 115 g/mol. The van der Waals surface area contributed by atoms with Gasteiger partial charge in [0, 0.05) is 5.54 Å². The van der Waals surface area contributed by atoms with Crippen LogP contribution in [0, 0.1) is 5.92 Å². The molecule has 0 aliphatic rings. The lowest BCUT2D eigenvalue weighted by Gasteiger charge is -2.20. The summed E-state index contributed by atoms with van der Waals surface area (Å²) in [5.41, 5.74) is 5.76. The Kier molecular flexibility index (Phi) is 2.48. The molecule has 1 nitrogen and oxygen atoms in total. The van der Waals surface area contributed by atoms with Crippen molar-refractivity contribution in [2.24, 2.45) is 11.7 Å². The second kappa shape index (κ2) is 2.49. The molecule has 1 heteroatoms. The first kappa shape index (κ1) is 7.96. The quantitative estimate of drug-likeness (QED) is 0.583. The first-order valence-corrected chi connectivity index (χ1v) is 3.21. The van der Waals surface area contributed by atoms with Crippen molar-refractivity contribution in [2.75, 3.05) is 0 Å². The number of rotatable bonds is 2. The Morgan fingerprint density at radius 3 is 1.75 bits per heavy atom. The highest BCUT2D eigenvalue weighted by atomic mass is 14.7. The molecule has 50 valence electrons. The molecule has 0 fully saturated rings. The summed E-state index contributed by atoms with van der Waals surface area (Å²) in [5.74, 6) is 0.718. The zero-order chi connectivity index (χ0) is 6.78. The van der Waals surface area contributed by atoms with Crippen LogP contribution in [0.3, 0.4) is 0 Å². The number of hydrogen-bond acceptors (Lipinski definition) is 1. The van der Waals surface area contributed by atoms with E-state index in [2.05, 4.69) is 27.7 Å². The van der Waals surface area contributed by atoms with Gasteiger partial charge in [-0.15, -0.1) is 0 Å². The van der Waals surface area contributed by atoms with Crippen molar-refractivity contribution in [1.82, 2.24) is 0 Å². The maximum atomic E-state index is 5.74. The number of nitrogens with two attached hydrogens (primary N) is 1. The van der Waals surface area contributed by atoms with Gasteiger partial charge >= 0.3 is 0 Å². The van der Waals surface area contributed by atoms with Crippen LogP contribution in [-0.4, -0.2) is 5.54 Å². The van der Waals surface area contributed by atoms with Gasteiger partial charge in [-0.2, -0.15) is 0 Å². The van der Waals surface area contributed by atoms with E-state index in [4.69, 9.17) is 5.73 Å². The molecule has 0 aliphatic carbocycles. The van der Waals surface area contributed by atoms with E-state index in [9.17, 15) is 0 Å². The highest BCUT2D eigenvalue weighted by Crippen LogP contribution is 2.11. The van der Waals surface area contributed by atoms with Crippen molar-refractivity contribution >= 4 is 0 Å². The summed E-state index contributed by atoms with van der Waals surface area (Å²) >= 11 is 0. The van der Waals surface area contributed by atoms with Crippen molar-refractivity contribution in [3.8, 4) is 0 Å². The van der Waals surface area contributed by atoms with E-state index < -0.39 is 0 Å². The van der Waals surface area contributed by atoms with Crippen LogP contribution in [-0.2, 0) is 0 Å². The van der Waals surface area contributed by atoms with Gasteiger partial charge in [-0.05, 0) is 26.2 Å². The summed E-state index contributed by atoms with van der Waals surface area (Å²) in [6, 6.07) is 0. The Balaban J connectivity index is 3.39. The molecule has 0 saturated heterocycles. The predicted molar refractivity (Wildman–Crippen MR) is 37.7 cm³/mol. The summed E-state index contributed by atoms with van der Waals surface area (Å²) < 4.78 is 0. The third kappa shape index (κ3) is 5.96. The molecular formula is C7H17N. The van der Waals surface area contributed by atoms with E-state index in [-0.39, 0.29) is 5.54 Å². The van der Waals surface area contributed by atoms with Crippen molar-refractivity contribution in [2.45, 2.75) is 39.7 Å². The topological polar surface area (TPSA) is 26.0 Å². The molecule has 0 amide bonds. The third-order valence-corrected chi connectivity index (χ3v) is 0.934. The molecule has 0 spiro atoms. The summed E-state index contributed by atoms with van der Waals surface area (Å²) in [7, 11) is 0. The van der Waals surface area contributed by atoms with Crippen LogP contribution in [0.15, 0.2) is 0 Å². The van der Waals surface area contributed by atoms with Crippen LogP contribution in [0.1, 0.15) is 34.1 Å². The maximum absolute atomic E-state index is 5.74. The van der Waals surface area contributed by atoms with Gasteiger partial charge in [0.15, 0.2) is 0 Å². The summed E-state index contributed by atoms with van der Waals surface area (Å²) in [4.78, 5) is 0. The van der Waals surface area contributed by atoms with E-state index in [1.165, 1.54) is 0 Å². The molecule has 0 bridgehead atoms. The highest BCUT2D eigenvalue weighted by molar-refractivity contribution is 4.72. The van der Waals surface area contributed by atoms with Gasteiger partial charge < -0.3 is 5.73 Å². The first-order chi connectivity index (χ1) is 3.42. The lowest BCUT2D eigenvalue weighted by molar-refractivity contribution is 0.400. The van der Waals surface area contributed by atoms with Crippen molar-refractivity contribution in [3.63, 3.8) is 0 Å². The Morgan fingerprint density at radius 1 is 1.38 bits per heavy atom. The zero-order valence-corrected chi connectivity index (χ0v) is 6.36. The molecule has 0 heterocycles. The average molecular weight is 115 g/mol. The Labute approximate surface area is 52.3 Å². The molecule has 0 atom stereocenters. The van der Waals surface area contributed by atoms with Crippen LogP contribution in [0.4, 0.5) is 0 Å². The van der Waals surface area contributed by atoms with E-state index in [1.807, 2.05) is 0 Å². The van der Waals surface area contributed by atoms with E-state index in [1.54, 1.807) is 0 Å². The second-order valence-corrected chi connectivity index (χ2v) is 3.59. The third-order valence-electron chi connectivity index (χ3n) is 0.934. The molecule has 0 aromatic carbocycles. The van der Waals surface area contributed by atoms with Crippen LogP contribution >= 0.6 is 0 Å². The van der Waals surface area contributed by atoms with Gasteiger partial charge in [-0.3, -0.25) is 0 Å². The molecule has 2 N–H and O–H groups in total. The lowest BCUT2D eigenvalue weighted by Crippen LogP contribution is -2.33. The minimum Gasteiger partial charge on any atom is -0.326 e. The van der Waals surface area contributed by atoms with Crippen molar-refractivity contribution in [3.05, 3.63) is 0 Å². The van der Waals surface area contributed by atoms with Crippen LogP contribution in [0.5, 0.6) is 0 Å². The van der Waals surface area contributed by atoms with E-state index >= 15 is 0 Å². The molecule has 8 heavy (non-hydrogen) atoms. The van der Waals surface area contributed by atoms with Crippen molar-refractivity contribution < 1.29 is 0 Å². The lowest BCUT2D eigenvalue weighted by atomic mass is 9.94. The van der Waals surface area contributed by atoms with Gasteiger partial charge in [0.05, 0.1) is 0 Å². The predicted octanol–water partition coefficient (Wildman–Crippen LogP) is 1.77. The minimum atomic E-state index is 0.0220. The molecular weight excluding hydrogens is 98.1 g/mol. The van der Waals surface area contributed by atoms with Crippen LogP contribution in [0.25, 0.3) is 0 Å². The molecule has 0 rings (SSSR count). The van der Waals surface area contributed by atoms with Gasteiger partial charge in [0.1, 0.15) is 0 Å². The van der Waals surface area contributed by atoms with Crippen molar-refractivity contribution in [1.29, 1.82) is 0 Å². The highest BCUT2D eigenvalue weighted by Gasteiger charge is 2.11. The van der Waals surface area contributed by atoms with E-state index in [0.29, 0.717) is 0 Å². The molecule has 0 aromatic heterocycles. The van der Waals surface area contributed by atoms with Gasteiger partial charge in [0.2, 0.25) is 0 Å². The minimum absolute atomic E-state index is 0.0220. The summed E-state index contributed by atoms with van der Waals surface area (Å²) in [6.45, 7) is 8.50. The normalized spacial score (nSPS) is 12.8. The summed E-state index contributed by atoms with van der Waals surface area (Å²) in [6.07, 6.45) is 1.10. The fourth-order valence-electron chi connectivity index (χ4n) is 1.05. The molecule has 0 radical (unpaired) electrons. The standard InChI is InChI=1S/C7H17N/c1-6(2)5-7(3,4)8/h6H,5,8H2,1-4H3. The largest absolute Gasteiger partial charge is 0.326 e. The second-order valence-electron chi connectivity index (χ2n) is 3.59. The Morgan fingerprint density at radius 2 is 1.75 bits per heavy atom. The zero-order valence-electron chi connectivity index (χ0n) is 6.36. The molecule has 0 aliphatic heterocycles. The molecule has 0 unspecified atom stereocenters. The first-order valence-electron chi connectivity index (χ1n) is 3.21. The van der Waals surface area contributed by atoms with E-state index in [0.717, 1.165) is 12.3 Å². The average Bonchev–Trinajstić information content (AvgIpc) is 1.21. The smallest absolute Gasteiger partial charge is 0.00994 e. The Bertz CT molecular complexity index is 59.3. The fraction of sp³-hybridized carbons (Fsp3) is 1.00. The maximum Gasteiger partial charge on any atom is 0.00994 e. The van der Waals surface area contributed by atoms with Gasteiger partial charge in [-0.25, -0.2) is 0 Å². The van der Waals surface area contributed by atoms with Crippen LogP contribution < -0.4 is 5.73 Å². The fourth-order valence-corrected chi connectivity index (χ4v) is 1.05. The molecule has 0 aromatic rings. The SMILES string of the molecule is CC(C)CC(C)(C)N. The number of hydrogen-bond donors (Lipinski definition) is 1. The van der Waals surface area contributed by atoms with Gasteiger partial charge in [-0.1, -0.05) is 13.8 Å². The van der Waals surface area contributed by atoms with Gasteiger partial charge in [0.25, 0.3) is 0 Å². The Hall–Kier alpha value is -0.0400.